The second-order valence-electron chi connectivity index (χ2n) is 7.62. The number of phenolic OH excluding ortho intramolecular Hbond substituents is 1. The summed E-state index contributed by atoms with van der Waals surface area (Å²) in [5.74, 6) is -1.02. The Kier molecular flexibility index (Phi) is 5.41. The Hall–Kier alpha value is -3.24. The van der Waals surface area contributed by atoms with Crippen molar-refractivity contribution in [3.63, 3.8) is 0 Å². The summed E-state index contributed by atoms with van der Waals surface area (Å²) in [6.45, 7) is 2.39. The van der Waals surface area contributed by atoms with Crippen molar-refractivity contribution in [2.75, 3.05) is 18.6 Å². The number of thioether (sulfide) groups is 1. The Morgan fingerprint density at radius 2 is 1.85 bits per heavy atom. The number of H-pyrrole nitrogens is 1. The van der Waals surface area contributed by atoms with E-state index in [9.17, 15) is 19.5 Å². The van der Waals surface area contributed by atoms with Gasteiger partial charge in [-0.3, -0.25) is 14.4 Å². The molecule has 170 valence electrons. The number of phenols is 1. The molecular weight excluding hydrogens is 464 g/mol. The quantitative estimate of drug-likeness (QED) is 0.535. The van der Waals surface area contributed by atoms with E-state index in [2.05, 4.69) is 4.98 Å². The van der Waals surface area contributed by atoms with Crippen LogP contribution in [0.1, 0.15) is 23.3 Å². The summed E-state index contributed by atoms with van der Waals surface area (Å²) in [6, 6.07) is 11.7. The summed E-state index contributed by atoms with van der Waals surface area (Å²) in [6.07, 6.45) is 0. The maximum Gasteiger partial charge on any atom is 0.305 e. The number of aromatic nitrogens is 1. The molecule has 1 fully saturated rings. The minimum atomic E-state index is -0.706. The van der Waals surface area contributed by atoms with Crippen molar-refractivity contribution >= 4 is 40.6 Å². The molecule has 3 aromatic rings. The van der Waals surface area contributed by atoms with Crippen LogP contribution in [0.25, 0.3) is 0 Å². The number of nitrogens with zero attached hydrogens (tertiary/aromatic N) is 1. The summed E-state index contributed by atoms with van der Waals surface area (Å²) in [5.41, 5.74) is 1.16. The van der Waals surface area contributed by atoms with Gasteiger partial charge in [-0.2, -0.15) is 0 Å². The average molecular weight is 485 g/mol. The molecule has 8 nitrogen and oxygen atoms in total. The Bertz CT molecular complexity index is 1300. The number of hydrogen-bond donors (Lipinski definition) is 2. The van der Waals surface area contributed by atoms with Crippen molar-refractivity contribution < 1.29 is 24.2 Å². The van der Waals surface area contributed by atoms with Gasteiger partial charge >= 0.3 is 4.87 Å². The molecule has 0 aliphatic carbocycles. The Morgan fingerprint density at radius 3 is 2.55 bits per heavy atom. The molecule has 3 unspecified atom stereocenters. The molecular formula is C23H20N2O6S2. The summed E-state index contributed by atoms with van der Waals surface area (Å²) in [7, 11) is 1.44. The van der Waals surface area contributed by atoms with E-state index in [0.29, 0.717) is 33.5 Å². The third kappa shape index (κ3) is 3.50. The van der Waals surface area contributed by atoms with Gasteiger partial charge in [0.1, 0.15) is 11.0 Å². The first-order chi connectivity index (χ1) is 15.9. The van der Waals surface area contributed by atoms with Crippen LogP contribution in [-0.4, -0.2) is 40.9 Å². The Morgan fingerprint density at radius 1 is 1.09 bits per heavy atom. The van der Waals surface area contributed by atoms with Crippen LogP contribution in [-0.2, 0) is 9.59 Å². The monoisotopic (exact) mass is 484 g/mol. The number of nitrogens with one attached hydrogen (secondary N) is 1. The smallest absolute Gasteiger partial charge is 0.305 e. The van der Waals surface area contributed by atoms with Crippen molar-refractivity contribution in [3.05, 3.63) is 62.6 Å². The maximum absolute atomic E-state index is 13.7. The number of hydrogen-bond acceptors (Lipinski definition) is 8. The van der Waals surface area contributed by atoms with Crippen LogP contribution < -0.4 is 19.2 Å². The molecule has 3 atom stereocenters. The molecule has 2 aliphatic heterocycles. The average Bonchev–Trinajstić information content (AvgIpc) is 3.30. The van der Waals surface area contributed by atoms with Crippen LogP contribution in [0.2, 0.25) is 0 Å². The highest BCUT2D eigenvalue weighted by Gasteiger charge is 2.56. The molecule has 5 rings (SSSR count). The molecule has 2 amide bonds. The minimum absolute atomic E-state index is 0.0321. The van der Waals surface area contributed by atoms with Gasteiger partial charge in [0, 0.05) is 10.8 Å². The highest BCUT2D eigenvalue weighted by atomic mass is 32.2. The number of carbonyl (C=O) groups excluding carboxylic acids is 2. The van der Waals surface area contributed by atoms with Gasteiger partial charge in [-0.05, 0) is 48.9 Å². The highest BCUT2D eigenvalue weighted by Crippen LogP contribution is 2.53. The Balaban J connectivity index is 1.60. The van der Waals surface area contributed by atoms with Crippen molar-refractivity contribution in [3.8, 4) is 17.2 Å². The number of benzene rings is 2. The summed E-state index contributed by atoms with van der Waals surface area (Å²) >= 11 is 2.25. The van der Waals surface area contributed by atoms with Crippen molar-refractivity contribution in [1.29, 1.82) is 0 Å². The SMILES string of the molecule is CCOc1ccc(N2C(=O)C3Sc4[nH]c(=O)sc4C(c4ccc(O)c(OC)c4)C3C2=O)cc1. The molecule has 0 radical (unpaired) electrons. The van der Waals surface area contributed by atoms with Gasteiger partial charge in [-0.15, -0.1) is 0 Å². The number of thiazole rings is 1. The molecule has 0 bridgehead atoms. The predicted molar refractivity (Wildman–Crippen MR) is 125 cm³/mol. The fourth-order valence-corrected chi connectivity index (χ4v) is 6.89. The van der Waals surface area contributed by atoms with Gasteiger partial charge in [0.2, 0.25) is 11.8 Å². The van der Waals surface area contributed by atoms with Crippen LogP contribution in [0.4, 0.5) is 5.69 Å². The third-order valence-electron chi connectivity index (χ3n) is 5.79. The Labute approximate surface area is 197 Å². The van der Waals surface area contributed by atoms with Gasteiger partial charge in [0.15, 0.2) is 11.5 Å². The topological polar surface area (TPSA) is 109 Å². The zero-order valence-electron chi connectivity index (χ0n) is 17.7. The van der Waals surface area contributed by atoms with E-state index in [1.54, 1.807) is 36.4 Å². The van der Waals surface area contributed by atoms with Crippen LogP contribution in [0, 0.1) is 5.92 Å². The molecule has 2 aliphatic rings. The predicted octanol–water partition coefficient (Wildman–Crippen LogP) is 3.35. The van der Waals surface area contributed by atoms with E-state index in [1.807, 2.05) is 6.92 Å². The van der Waals surface area contributed by atoms with E-state index >= 15 is 0 Å². The van der Waals surface area contributed by atoms with Gasteiger partial charge < -0.3 is 19.6 Å². The van der Waals surface area contributed by atoms with Crippen LogP contribution in [0.15, 0.2) is 52.3 Å². The molecule has 10 heteroatoms. The second-order valence-corrected chi connectivity index (χ2v) is 9.79. The number of carbonyl (C=O) groups is 2. The lowest BCUT2D eigenvalue weighted by atomic mass is 9.83. The van der Waals surface area contributed by atoms with E-state index in [0.717, 1.165) is 11.3 Å². The normalized spacial score (nSPS) is 21.6. The fourth-order valence-electron chi connectivity index (χ4n) is 4.38. The van der Waals surface area contributed by atoms with Gasteiger partial charge in [-0.1, -0.05) is 29.2 Å². The minimum Gasteiger partial charge on any atom is -0.504 e. The number of amides is 2. The van der Waals surface area contributed by atoms with Crippen molar-refractivity contribution in [1.82, 2.24) is 4.98 Å². The standard InChI is InChI=1S/C23H20N2O6S2/c1-3-31-13-7-5-12(6-8-13)25-21(27)17-16(11-4-9-14(26)15(10-11)30-2)18-20(24-23(29)33-18)32-19(17)22(25)28/h4-10,16-17,19,26H,3H2,1-2H3,(H,24,29). The van der Waals surface area contributed by atoms with Crippen molar-refractivity contribution in [2.24, 2.45) is 5.92 Å². The number of rotatable bonds is 5. The fraction of sp³-hybridized carbons (Fsp3) is 0.261. The number of methoxy groups -OCH3 is 1. The third-order valence-corrected chi connectivity index (χ3v) is 8.19. The highest BCUT2D eigenvalue weighted by molar-refractivity contribution is 8.00. The van der Waals surface area contributed by atoms with E-state index in [-0.39, 0.29) is 28.2 Å². The number of ether oxygens (including phenoxy) is 2. The largest absolute Gasteiger partial charge is 0.504 e. The lowest BCUT2D eigenvalue weighted by Gasteiger charge is -2.30. The number of anilines is 1. The number of fused-ring (bicyclic) bond motifs is 2. The number of aromatic hydroxyl groups is 1. The lowest BCUT2D eigenvalue weighted by Crippen LogP contribution is -2.32. The van der Waals surface area contributed by atoms with Crippen LogP contribution >= 0.6 is 23.1 Å². The van der Waals surface area contributed by atoms with Gasteiger partial charge in [0.25, 0.3) is 0 Å². The van der Waals surface area contributed by atoms with Gasteiger partial charge in [-0.25, -0.2) is 4.90 Å². The molecule has 2 N–H and O–H groups in total. The van der Waals surface area contributed by atoms with Crippen LogP contribution in [0.5, 0.6) is 17.2 Å². The second kappa shape index (κ2) is 8.27. The van der Waals surface area contributed by atoms with E-state index in [1.165, 1.54) is 29.8 Å². The lowest BCUT2D eigenvalue weighted by molar-refractivity contribution is -0.122. The summed E-state index contributed by atoms with van der Waals surface area (Å²) in [4.78, 5) is 43.8. The molecule has 1 saturated heterocycles. The maximum atomic E-state index is 13.7. The zero-order chi connectivity index (χ0) is 23.3. The molecule has 0 saturated carbocycles. The van der Waals surface area contributed by atoms with Gasteiger partial charge in [0.05, 0.1) is 30.3 Å². The first-order valence-corrected chi connectivity index (χ1v) is 12.0. The number of aromatic amines is 1. The van der Waals surface area contributed by atoms with E-state index in [4.69, 9.17) is 9.47 Å². The van der Waals surface area contributed by atoms with Crippen molar-refractivity contribution in [2.45, 2.75) is 23.1 Å². The zero-order valence-corrected chi connectivity index (χ0v) is 19.4. The van der Waals surface area contributed by atoms with E-state index < -0.39 is 17.1 Å². The molecule has 3 heterocycles. The first kappa shape index (κ1) is 21.6. The summed E-state index contributed by atoms with van der Waals surface area (Å²) in [5, 5.41) is 9.95. The first-order valence-electron chi connectivity index (χ1n) is 10.3. The number of imide groups is 1. The van der Waals surface area contributed by atoms with Crippen LogP contribution in [0.3, 0.4) is 0 Å². The molecule has 2 aromatic carbocycles. The molecule has 1 aromatic heterocycles. The molecule has 33 heavy (non-hydrogen) atoms. The summed E-state index contributed by atoms with van der Waals surface area (Å²) < 4.78 is 10.7. The molecule has 0 spiro atoms.